The van der Waals surface area contributed by atoms with Crippen molar-refractivity contribution in [2.24, 2.45) is 0 Å². The molecule has 92 valence electrons. The van der Waals surface area contributed by atoms with Crippen LogP contribution in [-0.4, -0.2) is 26.5 Å². The minimum atomic E-state index is -0.467. The van der Waals surface area contributed by atoms with Gasteiger partial charge in [0.05, 0.1) is 14.2 Å². The van der Waals surface area contributed by atoms with Crippen LogP contribution in [0.25, 0.3) is 10.8 Å². The van der Waals surface area contributed by atoms with E-state index in [0.29, 0.717) is 22.3 Å². The fourth-order valence-corrected chi connectivity index (χ4v) is 1.95. The summed E-state index contributed by atoms with van der Waals surface area (Å²) in [5.41, 5.74) is 0.901. The third-order valence-electron chi connectivity index (χ3n) is 2.78. The predicted molar refractivity (Wildman–Crippen MR) is 67.2 cm³/mol. The Morgan fingerprint density at radius 3 is 2.50 bits per heavy atom. The van der Waals surface area contributed by atoms with Gasteiger partial charge in [-0.15, -0.1) is 0 Å². The first kappa shape index (κ1) is 12.1. The maximum atomic E-state index is 11.6. The molecule has 0 bridgehead atoms. The number of methoxy groups -OCH3 is 2. The molecule has 0 aliphatic rings. The van der Waals surface area contributed by atoms with E-state index in [2.05, 4.69) is 0 Å². The Morgan fingerprint density at radius 1 is 1.11 bits per heavy atom. The van der Waals surface area contributed by atoms with Gasteiger partial charge in [-0.3, -0.25) is 4.79 Å². The lowest BCUT2D eigenvalue weighted by molar-refractivity contribution is 0.0597. The summed E-state index contributed by atoms with van der Waals surface area (Å²) in [4.78, 5) is 22.6. The topological polar surface area (TPSA) is 52.6 Å². The van der Waals surface area contributed by atoms with E-state index in [1.165, 1.54) is 14.2 Å². The molecule has 2 aromatic rings. The molecule has 0 spiro atoms. The first-order chi connectivity index (χ1) is 8.72. The largest absolute Gasteiger partial charge is 0.495 e. The fourth-order valence-electron chi connectivity index (χ4n) is 1.95. The summed E-state index contributed by atoms with van der Waals surface area (Å²) in [5.74, 6) is -0.0479. The first-order valence-electron chi connectivity index (χ1n) is 5.36. The van der Waals surface area contributed by atoms with E-state index in [1.54, 1.807) is 30.3 Å². The molecule has 0 aliphatic heterocycles. The van der Waals surface area contributed by atoms with Crippen LogP contribution in [0.2, 0.25) is 0 Å². The standard InChI is InChI=1S/C14H12O4/c1-17-13-11-5-3-4-9(8-15)10(11)6-7-12(13)14(16)18-2/h3-8H,1-2H3. The van der Waals surface area contributed by atoms with Crippen LogP contribution in [0.3, 0.4) is 0 Å². The average Bonchev–Trinajstić information content (AvgIpc) is 2.44. The van der Waals surface area contributed by atoms with Gasteiger partial charge in [0.2, 0.25) is 0 Å². The zero-order chi connectivity index (χ0) is 13.1. The SMILES string of the molecule is COC(=O)c1ccc2c(C=O)cccc2c1OC. The fraction of sp³-hybridized carbons (Fsp3) is 0.143. The molecule has 0 N–H and O–H groups in total. The minimum Gasteiger partial charge on any atom is -0.495 e. The number of hydrogen-bond donors (Lipinski definition) is 0. The maximum absolute atomic E-state index is 11.6. The quantitative estimate of drug-likeness (QED) is 0.614. The van der Waals surface area contributed by atoms with Gasteiger partial charge in [0.15, 0.2) is 6.29 Å². The molecule has 0 heterocycles. The summed E-state index contributed by atoms with van der Waals surface area (Å²) in [6.07, 6.45) is 0.777. The number of benzene rings is 2. The zero-order valence-corrected chi connectivity index (χ0v) is 10.1. The molecule has 18 heavy (non-hydrogen) atoms. The molecule has 0 amide bonds. The Labute approximate surface area is 104 Å². The highest BCUT2D eigenvalue weighted by atomic mass is 16.5. The van der Waals surface area contributed by atoms with Crippen molar-refractivity contribution in [2.75, 3.05) is 14.2 Å². The van der Waals surface area contributed by atoms with E-state index in [9.17, 15) is 9.59 Å². The third kappa shape index (κ3) is 1.82. The lowest BCUT2D eigenvalue weighted by Crippen LogP contribution is -2.04. The summed E-state index contributed by atoms with van der Waals surface area (Å²) in [5, 5.41) is 1.46. The van der Waals surface area contributed by atoms with Crippen molar-refractivity contribution >= 4 is 23.0 Å². The van der Waals surface area contributed by atoms with Crippen molar-refractivity contribution in [3.05, 3.63) is 41.5 Å². The number of aldehydes is 1. The molecule has 0 atom stereocenters. The van der Waals surface area contributed by atoms with Gasteiger partial charge in [-0.25, -0.2) is 4.79 Å². The summed E-state index contributed by atoms with van der Waals surface area (Å²) in [6, 6.07) is 8.57. The van der Waals surface area contributed by atoms with Crippen LogP contribution < -0.4 is 4.74 Å². The highest BCUT2D eigenvalue weighted by Gasteiger charge is 2.16. The zero-order valence-electron chi connectivity index (χ0n) is 10.1. The van der Waals surface area contributed by atoms with Crippen LogP contribution in [0, 0.1) is 0 Å². The van der Waals surface area contributed by atoms with Crippen molar-refractivity contribution in [1.82, 2.24) is 0 Å². The third-order valence-corrected chi connectivity index (χ3v) is 2.78. The number of esters is 1. The number of fused-ring (bicyclic) bond motifs is 1. The molecular formula is C14H12O4. The van der Waals surface area contributed by atoms with Gasteiger partial charge in [-0.2, -0.15) is 0 Å². The molecule has 2 aromatic carbocycles. The lowest BCUT2D eigenvalue weighted by Gasteiger charge is -2.11. The number of hydrogen-bond acceptors (Lipinski definition) is 4. The second-order valence-corrected chi connectivity index (χ2v) is 3.70. The molecule has 0 radical (unpaired) electrons. The number of ether oxygens (including phenoxy) is 2. The molecule has 0 fully saturated rings. The summed E-state index contributed by atoms with van der Waals surface area (Å²) < 4.78 is 9.96. The van der Waals surface area contributed by atoms with Crippen molar-refractivity contribution < 1.29 is 19.1 Å². The van der Waals surface area contributed by atoms with Crippen LogP contribution in [-0.2, 0) is 4.74 Å². The summed E-state index contributed by atoms with van der Waals surface area (Å²) >= 11 is 0. The Kier molecular flexibility index (Phi) is 3.28. The summed E-state index contributed by atoms with van der Waals surface area (Å²) in [7, 11) is 2.79. The second kappa shape index (κ2) is 4.87. The molecule has 0 saturated heterocycles. The van der Waals surface area contributed by atoms with Crippen molar-refractivity contribution in [2.45, 2.75) is 0 Å². The Morgan fingerprint density at radius 2 is 1.89 bits per heavy atom. The van der Waals surface area contributed by atoms with E-state index in [1.807, 2.05) is 0 Å². The number of carbonyl (C=O) groups is 2. The smallest absolute Gasteiger partial charge is 0.341 e. The molecular weight excluding hydrogens is 232 g/mol. The van der Waals surface area contributed by atoms with Crippen molar-refractivity contribution in [1.29, 1.82) is 0 Å². The minimum absolute atomic E-state index is 0.343. The lowest BCUT2D eigenvalue weighted by atomic mass is 10.0. The van der Waals surface area contributed by atoms with Crippen LogP contribution in [0.1, 0.15) is 20.7 Å². The van der Waals surface area contributed by atoms with Crippen molar-refractivity contribution in [3.8, 4) is 5.75 Å². The maximum Gasteiger partial charge on any atom is 0.341 e. The monoisotopic (exact) mass is 244 g/mol. The van der Waals surface area contributed by atoms with Crippen LogP contribution in [0.4, 0.5) is 0 Å². The van der Waals surface area contributed by atoms with E-state index in [-0.39, 0.29) is 0 Å². The molecule has 0 aliphatic carbocycles. The van der Waals surface area contributed by atoms with E-state index < -0.39 is 5.97 Å². The van der Waals surface area contributed by atoms with Crippen LogP contribution in [0.15, 0.2) is 30.3 Å². The average molecular weight is 244 g/mol. The van der Waals surface area contributed by atoms with Crippen molar-refractivity contribution in [3.63, 3.8) is 0 Å². The first-order valence-corrected chi connectivity index (χ1v) is 5.36. The predicted octanol–water partition coefficient (Wildman–Crippen LogP) is 2.45. The van der Waals surface area contributed by atoms with Gasteiger partial charge in [-0.05, 0) is 11.5 Å². The highest BCUT2D eigenvalue weighted by molar-refractivity contribution is 6.06. The summed E-state index contributed by atoms with van der Waals surface area (Å²) in [6.45, 7) is 0. The van der Waals surface area contributed by atoms with Crippen LogP contribution in [0.5, 0.6) is 5.75 Å². The molecule has 0 unspecified atom stereocenters. The van der Waals surface area contributed by atoms with E-state index >= 15 is 0 Å². The molecule has 4 nitrogen and oxygen atoms in total. The normalized spacial score (nSPS) is 10.1. The molecule has 0 aromatic heterocycles. The van der Waals surface area contributed by atoms with Gasteiger partial charge >= 0.3 is 5.97 Å². The molecule has 0 saturated carbocycles. The van der Waals surface area contributed by atoms with Gasteiger partial charge in [0.25, 0.3) is 0 Å². The Hall–Kier alpha value is -2.36. The number of rotatable bonds is 3. The number of carbonyl (C=O) groups excluding carboxylic acids is 2. The molecule has 2 rings (SSSR count). The van der Waals surface area contributed by atoms with Gasteiger partial charge in [0, 0.05) is 10.9 Å². The second-order valence-electron chi connectivity index (χ2n) is 3.70. The van der Waals surface area contributed by atoms with E-state index in [4.69, 9.17) is 9.47 Å². The van der Waals surface area contributed by atoms with Gasteiger partial charge in [0.1, 0.15) is 11.3 Å². The highest BCUT2D eigenvalue weighted by Crippen LogP contribution is 2.31. The van der Waals surface area contributed by atoms with Crippen LogP contribution >= 0.6 is 0 Å². The van der Waals surface area contributed by atoms with E-state index in [0.717, 1.165) is 11.7 Å². The Balaban J connectivity index is 2.80. The van der Waals surface area contributed by atoms with Gasteiger partial charge in [-0.1, -0.05) is 24.3 Å². The molecule has 4 heteroatoms. The van der Waals surface area contributed by atoms with Gasteiger partial charge < -0.3 is 9.47 Å². The Bertz CT molecular complexity index is 616.